The molecule has 1 N–H and O–H groups in total. The van der Waals surface area contributed by atoms with Crippen molar-refractivity contribution in [2.24, 2.45) is 0 Å². The van der Waals surface area contributed by atoms with Gasteiger partial charge in [0.25, 0.3) is 0 Å². The highest BCUT2D eigenvalue weighted by Gasteiger charge is 2.24. The maximum absolute atomic E-state index is 12.0. The molecule has 1 aliphatic heterocycles. The first kappa shape index (κ1) is 17.5. The number of ether oxygens (including phenoxy) is 1. The van der Waals surface area contributed by atoms with Gasteiger partial charge in [0.15, 0.2) is 0 Å². The lowest BCUT2D eigenvalue weighted by atomic mass is 9.99. The van der Waals surface area contributed by atoms with Gasteiger partial charge in [0.05, 0.1) is 6.04 Å². The van der Waals surface area contributed by atoms with Crippen molar-refractivity contribution in [3.63, 3.8) is 0 Å². The number of benzene rings is 2. The Hall–Kier alpha value is -2.33. The number of piperazine rings is 1. The van der Waals surface area contributed by atoms with Crippen LogP contribution in [0.5, 0.6) is 5.75 Å². The standard InChI is InChI=1S/C21H26N2O2/c1-3-21(24)23-12-11-22-20(14-23)19-10-9-18(13-16(19)2)25-15-17-7-5-4-6-8-17/h4-10,13,20,22H,3,11-12,14-15H2,1-2H3. The minimum absolute atomic E-state index is 0.187. The first-order chi connectivity index (χ1) is 12.2. The van der Waals surface area contributed by atoms with Gasteiger partial charge in [-0.15, -0.1) is 0 Å². The minimum atomic E-state index is 0.187. The Morgan fingerprint density at radius 1 is 1.24 bits per heavy atom. The summed E-state index contributed by atoms with van der Waals surface area (Å²) < 4.78 is 5.91. The molecule has 0 saturated carbocycles. The van der Waals surface area contributed by atoms with Crippen LogP contribution in [0.1, 0.15) is 36.1 Å². The largest absolute Gasteiger partial charge is 0.489 e. The average molecular weight is 338 g/mol. The predicted octanol–water partition coefficient (Wildman–Crippen LogP) is 3.46. The van der Waals surface area contributed by atoms with Crippen LogP contribution in [-0.2, 0) is 11.4 Å². The Bertz CT molecular complexity index is 715. The number of rotatable bonds is 5. The molecule has 3 rings (SSSR count). The lowest BCUT2D eigenvalue weighted by Gasteiger charge is -2.34. The lowest BCUT2D eigenvalue weighted by Crippen LogP contribution is -2.48. The smallest absolute Gasteiger partial charge is 0.222 e. The van der Waals surface area contributed by atoms with E-state index in [0.717, 1.165) is 30.9 Å². The third kappa shape index (κ3) is 4.40. The summed E-state index contributed by atoms with van der Waals surface area (Å²) in [7, 11) is 0. The van der Waals surface area contributed by atoms with Crippen molar-refractivity contribution in [2.45, 2.75) is 32.9 Å². The van der Waals surface area contributed by atoms with Crippen LogP contribution in [-0.4, -0.2) is 30.4 Å². The second-order valence-electron chi connectivity index (χ2n) is 6.49. The number of aryl methyl sites for hydroxylation is 1. The van der Waals surface area contributed by atoms with E-state index in [1.807, 2.05) is 36.1 Å². The van der Waals surface area contributed by atoms with Crippen molar-refractivity contribution < 1.29 is 9.53 Å². The zero-order valence-electron chi connectivity index (χ0n) is 15.0. The zero-order valence-corrected chi connectivity index (χ0v) is 15.0. The second kappa shape index (κ2) is 8.17. The number of nitrogens with zero attached hydrogens (tertiary/aromatic N) is 1. The maximum Gasteiger partial charge on any atom is 0.222 e. The number of carbonyl (C=O) groups is 1. The molecule has 1 heterocycles. The van der Waals surface area contributed by atoms with Gasteiger partial charge in [-0.2, -0.15) is 0 Å². The molecule has 0 radical (unpaired) electrons. The Kier molecular flexibility index (Phi) is 5.71. The van der Waals surface area contributed by atoms with Crippen LogP contribution in [0.4, 0.5) is 0 Å². The van der Waals surface area contributed by atoms with Gasteiger partial charge in [-0.25, -0.2) is 0 Å². The summed E-state index contributed by atoms with van der Waals surface area (Å²) in [5, 5.41) is 3.53. The van der Waals surface area contributed by atoms with E-state index in [1.165, 1.54) is 11.1 Å². The molecule has 0 aromatic heterocycles. The van der Waals surface area contributed by atoms with E-state index in [1.54, 1.807) is 0 Å². The molecule has 25 heavy (non-hydrogen) atoms. The van der Waals surface area contributed by atoms with E-state index in [-0.39, 0.29) is 11.9 Å². The van der Waals surface area contributed by atoms with Gasteiger partial charge in [-0.1, -0.05) is 43.3 Å². The van der Waals surface area contributed by atoms with Crippen LogP contribution in [0.15, 0.2) is 48.5 Å². The number of hydrogen-bond acceptors (Lipinski definition) is 3. The average Bonchev–Trinajstić information content (AvgIpc) is 2.66. The Morgan fingerprint density at radius 3 is 2.76 bits per heavy atom. The molecular weight excluding hydrogens is 312 g/mol. The van der Waals surface area contributed by atoms with Crippen molar-refractivity contribution >= 4 is 5.91 Å². The summed E-state index contributed by atoms with van der Waals surface area (Å²) in [6.07, 6.45) is 0.567. The molecule has 2 aromatic carbocycles. The molecule has 0 aliphatic carbocycles. The molecular formula is C21H26N2O2. The molecule has 1 saturated heterocycles. The molecule has 4 heteroatoms. The van der Waals surface area contributed by atoms with Gasteiger partial charge >= 0.3 is 0 Å². The van der Waals surface area contributed by atoms with Crippen molar-refractivity contribution in [1.29, 1.82) is 0 Å². The maximum atomic E-state index is 12.0. The fraction of sp³-hybridized carbons (Fsp3) is 0.381. The quantitative estimate of drug-likeness (QED) is 0.908. The van der Waals surface area contributed by atoms with Crippen LogP contribution >= 0.6 is 0 Å². The Balaban J connectivity index is 1.66. The van der Waals surface area contributed by atoms with E-state index >= 15 is 0 Å². The van der Waals surface area contributed by atoms with Gasteiger partial charge in [0, 0.05) is 26.1 Å². The normalized spacial score (nSPS) is 17.4. The summed E-state index contributed by atoms with van der Waals surface area (Å²) in [5.41, 5.74) is 3.58. The summed E-state index contributed by atoms with van der Waals surface area (Å²) in [6, 6.07) is 16.6. The first-order valence-corrected chi connectivity index (χ1v) is 8.96. The van der Waals surface area contributed by atoms with Crippen molar-refractivity contribution in [1.82, 2.24) is 10.2 Å². The Labute approximate surface area is 149 Å². The zero-order chi connectivity index (χ0) is 17.6. The second-order valence-corrected chi connectivity index (χ2v) is 6.49. The molecule has 0 spiro atoms. The SMILES string of the molecule is CCC(=O)N1CCNC(c2ccc(OCc3ccccc3)cc2C)C1. The number of carbonyl (C=O) groups excluding carboxylic acids is 1. The molecule has 1 amide bonds. The fourth-order valence-corrected chi connectivity index (χ4v) is 3.28. The molecule has 1 atom stereocenters. The molecule has 0 bridgehead atoms. The third-order valence-corrected chi connectivity index (χ3v) is 4.70. The number of amides is 1. The summed E-state index contributed by atoms with van der Waals surface area (Å²) in [5.74, 6) is 1.11. The molecule has 1 unspecified atom stereocenters. The predicted molar refractivity (Wildman–Crippen MR) is 99.6 cm³/mol. The molecule has 4 nitrogen and oxygen atoms in total. The van der Waals surface area contributed by atoms with Crippen molar-refractivity contribution in [2.75, 3.05) is 19.6 Å². The van der Waals surface area contributed by atoms with Crippen LogP contribution in [0.3, 0.4) is 0 Å². The first-order valence-electron chi connectivity index (χ1n) is 8.96. The van der Waals surface area contributed by atoms with Gasteiger partial charge in [0.2, 0.25) is 5.91 Å². The summed E-state index contributed by atoms with van der Waals surface area (Å²) in [6.45, 7) is 6.96. The van der Waals surface area contributed by atoms with Crippen molar-refractivity contribution in [3.05, 3.63) is 65.2 Å². The van der Waals surface area contributed by atoms with E-state index < -0.39 is 0 Å². The van der Waals surface area contributed by atoms with Crippen molar-refractivity contribution in [3.8, 4) is 5.75 Å². The third-order valence-electron chi connectivity index (χ3n) is 4.70. The Morgan fingerprint density at radius 2 is 2.04 bits per heavy atom. The van der Waals surface area contributed by atoms with Crippen LogP contribution in [0.25, 0.3) is 0 Å². The summed E-state index contributed by atoms with van der Waals surface area (Å²) >= 11 is 0. The summed E-state index contributed by atoms with van der Waals surface area (Å²) in [4.78, 5) is 13.9. The van der Waals surface area contributed by atoms with Gasteiger partial charge in [0.1, 0.15) is 12.4 Å². The van der Waals surface area contributed by atoms with Crippen LogP contribution in [0, 0.1) is 6.92 Å². The molecule has 1 aliphatic rings. The van der Waals surface area contributed by atoms with Gasteiger partial charge in [-0.05, 0) is 35.7 Å². The lowest BCUT2D eigenvalue weighted by molar-refractivity contribution is -0.132. The topological polar surface area (TPSA) is 41.6 Å². The highest BCUT2D eigenvalue weighted by Crippen LogP contribution is 2.25. The monoisotopic (exact) mass is 338 g/mol. The van der Waals surface area contributed by atoms with E-state index in [4.69, 9.17) is 4.74 Å². The highest BCUT2D eigenvalue weighted by atomic mass is 16.5. The van der Waals surface area contributed by atoms with E-state index in [9.17, 15) is 4.79 Å². The molecule has 132 valence electrons. The number of nitrogens with one attached hydrogen (secondary N) is 1. The fourth-order valence-electron chi connectivity index (χ4n) is 3.28. The highest BCUT2D eigenvalue weighted by molar-refractivity contribution is 5.76. The van der Waals surface area contributed by atoms with E-state index in [2.05, 4.69) is 36.5 Å². The van der Waals surface area contributed by atoms with Crippen LogP contribution < -0.4 is 10.1 Å². The number of hydrogen-bond donors (Lipinski definition) is 1. The minimum Gasteiger partial charge on any atom is -0.489 e. The van der Waals surface area contributed by atoms with Crippen LogP contribution in [0.2, 0.25) is 0 Å². The van der Waals surface area contributed by atoms with E-state index in [0.29, 0.717) is 13.0 Å². The molecule has 2 aromatic rings. The van der Waals surface area contributed by atoms with Gasteiger partial charge < -0.3 is 15.0 Å². The molecule has 1 fully saturated rings. The van der Waals surface area contributed by atoms with Gasteiger partial charge in [-0.3, -0.25) is 4.79 Å².